The van der Waals surface area contributed by atoms with Gasteiger partial charge in [-0.1, -0.05) is 6.07 Å². The lowest BCUT2D eigenvalue weighted by Gasteiger charge is -2.07. The molecule has 0 bridgehead atoms. The van der Waals surface area contributed by atoms with Gasteiger partial charge in [0.25, 0.3) is 0 Å². The second-order valence-electron chi connectivity index (χ2n) is 4.12. The maximum atomic E-state index is 12.1. The Hall–Kier alpha value is -2.03. The van der Waals surface area contributed by atoms with E-state index in [1.807, 2.05) is 19.1 Å². The van der Waals surface area contributed by atoms with E-state index >= 15 is 0 Å². The van der Waals surface area contributed by atoms with Crippen LogP contribution in [0.5, 0.6) is 0 Å². The zero-order valence-corrected chi connectivity index (χ0v) is 11.7. The van der Waals surface area contributed by atoms with Gasteiger partial charge in [0.1, 0.15) is 10.7 Å². The molecule has 0 aliphatic rings. The van der Waals surface area contributed by atoms with Crippen LogP contribution in [0.2, 0.25) is 0 Å². The molecule has 0 fully saturated rings. The quantitative estimate of drug-likeness (QED) is 0.548. The molecule has 0 amide bonds. The van der Waals surface area contributed by atoms with E-state index in [2.05, 4.69) is 20.1 Å². The van der Waals surface area contributed by atoms with Gasteiger partial charge < -0.3 is 5.43 Å². The molecule has 8 heteroatoms. The lowest BCUT2D eigenvalue weighted by atomic mass is 10.3. The molecule has 0 spiro atoms. The summed E-state index contributed by atoms with van der Waals surface area (Å²) >= 11 is 0. The summed E-state index contributed by atoms with van der Waals surface area (Å²) in [4.78, 5) is 8.16. The lowest BCUT2D eigenvalue weighted by molar-refractivity contribution is 0.580. The first-order valence-corrected chi connectivity index (χ1v) is 7.34. The Morgan fingerprint density at radius 1 is 1.25 bits per heavy atom. The molecular formula is C12H15N5O2S. The number of pyridine rings is 2. The van der Waals surface area contributed by atoms with Gasteiger partial charge in [0.2, 0.25) is 10.0 Å². The van der Waals surface area contributed by atoms with Gasteiger partial charge in [0, 0.05) is 11.9 Å². The van der Waals surface area contributed by atoms with Crippen molar-refractivity contribution in [1.29, 1.82) is 0 Å². The van der Waals surface area contributed by atoms with Gasteiger partial charge in [-0.2, -0.15) is 0 Å². The first kappa shape index (κ1) is 14.4. The molecule has 0 saturated heterocycles. The minimum atomic E-state index is -3.62. The Morgan fingerprint density at radius 2 is 2.05 bits per heavy atom. The smallest absolute Gasteiger partial charge is 0.242 e. The highest BCUT2D eigenvalue weighted by Crippen LogP contribution is 2.10. The normalized spacial score (nSPS) is 11.3. The molecule has 0 aromatic carbocycles. The van der Waals surface area contributed by atoms with E-state index < -0.39 is 10.0 Å². The minimum Gasteiger partial charge on any atom is -0.308 e. The average molecular weight is 293 g/mol. The summed E-state index contributed by atoms with van der Waals surface area (Å²) in [6, 6.07) is 8.35. The third-order valence-electron chi connectivity index (χ3n) is 2.58. The summed E-state index contributed by atoms with van der Waals surface area (Å²) in [7, 11) is -3.62. The van der Waals surface area contributed by atoms with Crippen molar-refractivity contribution in [3.63, 3.8) is 0 Å². The first-order chi connectivity index (χ1) is 9.51. The van der Waals surface area contributed by atoms with Gasteiger partial charge >= 0.3 is 0 Å². The molecule has 20 heavy (non-hydrogen) atoms. The zero-order chi connectivity index (χ0) is 14.6. The molecule has 2 rings (SSSR count). The van der Waals surface area contributed by atoms with Crippen molar-refractivity contribution < 1.29 is 8.42 Å². The summed E-state index contributed by atoms with van der Waals surface area (Å²) in [6.07, 6.45) is 1.24. The van der Waals surface area contributed by atoms with Crippen molar-refractivity contribution >= 4 is 15.8 Å². The first-order valence-electron chi connectivity index (χ1n) is 5.86. The van der Waals surface area contributed by atoms with Gasteiger partial charge in [-0.05, 0) is 31.2 Å². The monoisotopic (exact) mass is 293 g/mol. The number of nitrogens with one attached hydrogen (secondary N) is 2. The maximum absolute atomic E-state index is 12.1. The second-order valence-corrected chi connectivity index (χ2v) is 5.89. The fourth-order valence-corrected chi connectivity index (χ4v) is 2.52. The molecule has 0 atom stereocenters. The van der Waals surface area contributed by atoms with E-state index in [0.29, 0.717) is 11.5 Å². The number of aryl methyl sites for hydroxylation is 1. The number of hydrogen-bond acceptors (Lipinski definition) is 6. The number of anilines is 1. The van der Waals surface area contributed by atoms with Crippen molar-refractivity contribution in [2.45, 2.75) is 18.4 Å². The Kier molecular flexibility index (Phi) is 4.28. The van der Waals surface area contributed by atoms with Crippen LogP contribution in [0.15, 0.2) is 41.4 Å². The SMILES string of the molecule is Cc1cccc(CNS(=O)(=O)c2ccc(NN)nc2)n1. The van der Waals surface area contributed by atoms with Gasteiger partial charge in [-0.25, -0.2) is 24.0 Å². The van der Waals surface area contributed by atoms with Crippen molar-refractivity contribution in [3.8, 4) is 0 Å². The van der Waals surface area contributed by atoms with Gasteiger partial charge in [0.15, 0.2) is 0 Å². The van der Waals surface area contributed by atoms with Crippen molar-refractivity contribution in [1.82, 2.24) is 14.7 Å². The van der Waals surface area contributed by atoms with Crippen molar-refractivity contribution in [2.75, 3.05) is 5.43 Å². The van der Waals surface area contributed by atoms with Crippen LogP contribution in [0.25, 0.3) is 0 Å². The van der Waals surface area contributed by atoms with Crippen LogP contribution in [0.1, 0.15) is 11.4 Å². The summed E-state index contributed by atoms with van der Waals surface area (Å²) in [5.41, 5.74) is 3.82. The Bertz CT molecular complexity index is 685. The number of rotatable bonds is 5. The van der Waals surface area contributed by atoms with E-state index in [4.69, 9.17) is 5.84 Å². The molecule has 0 aliphatic heterocycles. The molecule has 0 saturated carbocycles. The molecule has 0 radical (unpaired) electrons. The molecule has 2 aromatic rings. The van der Waals surface area contributed by atoms with Crippen LogP contribution in [-0.2, 0) is 16.6 Å². The number of hydrogen-bond donors (Lipinski definition) is 3. The molecule has 106 valence electrons. The third-order valence-corrected chi connectivity index (χ3v) is 3.97. The van der Waals surface area contributed by atoms with E-state index in [-0.39, 0.29) is 11.4 Å². The fraction of sp³-hybridized carbons (Fsp3) is 0.167. The topological polar surface area (TPSA) is 110 Å². The highest BCUT2D eigenvalue weighted by molar-refractivity contribution is 7.89. The van der Waals surface area contributed by atoms with E-state index in [0.717, 1.165) is 5.69 Å². The molecule has 0 unspecified atom stereocenters. The largest absolute Gasteiger partial charge is 0.308 e. The van der Waals surface area contributed by atoms with Crippen LogP contribution < -0.4 is 16.0 Å². The number of aromatic nitrogens is 2. The van der Waals surface area contributed by atoms with Crippen molar-refractivity contribution in [2.24, 2.45) is 5.84 Å². The predicted octanol–water partition coefficient (Wildman–Crippen LogP) is 0.549. The number of nitrogens with zero attached hydrogens (tertiary/aromatic N) is 2. The number of hydrazine groups is 1. The Balaban J connectivity index is 2.10. The number of nitrogen functional groups attached to an aromatic ring is 1. The number of nitrogens with two attached hydrogens (primary N) is 1. The molecule has 4 N–H and O–H groups in total. The third kappa shape index (κ3) is 3.50. The van der Waals surface area contributed by atoms with Gasteiger partial charge in [-0.15, -0.1) is 0 Å². The predicted molar refractivity (Wildman–Crippen MR) is 75.0 cm³/mol. The second kappa shape index (κ2) is 5.95. The molecule has 2 aromatic heterocycles. The standard InChI is InChI=1S/C12H15N5O2S/c1-9-3-2-4-10(16-9)7-15-20(18,19)11-5-6-12(17-13)14-8-11/h2-6,8,15H,7,13H2,1H3,(H,14,17). The van der Waals surface area contributed by atoms with Crippen LogP contribution in [0, 0.1) is 6.92 Å². The van der Waals surface area contributed by atoms with Gasteiger partial charge in [-0.3, -0.25) is 4.98 Å². The zero-order valence-electron chi connectivity index (χ0n) is 10.9. The van der Waals surface area contributed by atoms with Crippen LogP contribution in [-0.4, -0.2) is 18.4 Å². The van der Waals surface area contributed by atoms with Crippen LogP contribution in [0.3, 0.4) is 0 Å². The molecule has 2 heterocycles. The maximum Gasteiger partial charge on any atom is 0.242 e. The molecule has 7 nitrogen and oxygen atoms in total. The molecule has 0 aliphatic carbocycles. The highest BCUT2D eigenvalue weighted by atomic mass is 32.2. The van der Waals surface area contributed by atoms with Crippen LogP contribution >= 0.6 is 0 Å². The average Bonchev–Trinajstić information content (AvgIpc) is 2.45. The summed E-state index contributed by atoms with van der Waals surface area (Å²) in [5.74, 6) is 5.56. The highest BCUT2D eigenvalue weighted by Gasteiger charge is 2.14. The van der Waals surface area contributed by atoms with Crippen molar-refractivity contribution in [3.05, 3.63) is 47.9 Å². The Labute approximate surface area is 117 Å². The van der Waals surface area contributed by atoms with Crippen LogP contribution in [0.4, 0.5) is 5.82 Å². The van der Waals surface area contributed by atoms with E-state index in [9.17, 15) is 8.42 Å². The number of sulfonamides is 1. The summed E-state index contributed by atoms with van der Waals surface area (Å²) in [6.45, 7) is 1.97. The lowest BCUT2D eigenvalue weighted by Crippen LogP contribution is -2.24. The van der Waals surface area contributed by atoms with E-state index in [1.165, 1.54) is 18.3 Å². The Morgan fingerprint density at radius 3 is 2.65 bits per heavy atom. The summed E-state index contributed by atoms with van der Waals surface area (Å²) < 4.78 is 26.6. The van der Waals surface area contributed by atoms with Gasteiger partial charge in [0.05, 0.1) is 12.2 Å². The molecular weight excluding hydrogens is 278 g/mol. The summed E-state index contributed by atoms with van der Waals surface area (Å²) in [5, 5.41) is 0. The minimum absolute atomic E-state index is 0.0733. The fourth-order valence-electron chi connectivity index (χ4n) is 1.57. The van der Waals surface area contributed by atoms with E-state index in [1.54, 1.807) is 6.07 Å².